The van der Waals surface area contributed by atoms with Crippen LogP contribution in [0.2, 0.25) is 0 Å². The van der Waals surface area contributed by atoms with E-state index in [9.17, 15) is 13.2 Å². The Morgan fingerprint density at radius 1 is 1.47 bits per heavy atom. The van der Waals surface area contributed by atoms with E-state index in [1.54, 1.807) is 6.07 Å². The maximum atomic E-state index is 11.9. The summed E-state index contributed by atoms with van der Waals surface area (Å²) in [6.07, 6.45) is -7.05. The normalized spacial score (nSPS) is 13.6. The second-order valence-corrected chi connectivity index (χ2v) is 2.89. The lowest BCUT2D eigenvalue weighted by molar-refractivity contribution is -0.198. The van der Waals surface area contributed by atoms with Gasteiger partial charge in [0.1, 0.15) is 11.6 Å². The highest BCUT2D eigenvalue weighted by atomic mass is 19.4. The third-order valence-electron chi connectivity index (χ3n) is 1.63. The largest absolute Gasteiger partial charge is 0.416 e. The Balaban J connectivity index is 2.51. The maximum Gasteiger partial charge on any atom is 0.416 e. The van der Waals surface area contributed by atoms with Crippen LogP contribution >= 0.6 is 0 Å². The Bertz CT molecular complexity index is 329. The number of hydrogen-bond acceptors (Lipinski definition) is 4. The molecule has 0 bridgehead atoms. The summed E-state index contributed by atoms with van der Waals surface area (Å²) in [5.74, 6) is 0.389. The number of hydrogen-bond donors (Lipinski definition) is 3. The molecule has 1 unspecified atom stereocenters. The van der Waals surface area contributed by atoms with Gasteiger partial charge < -0.3 is 16.2 Å². The molecular formula is C8H10F3N3O. The lowest BCUT2D eigenvalue weighted by Gasteiger charge is -2.15. The van der Waals surface area contributed by atoms with Crippen molar-refractivity contribution in [2.75, 3.05) is 17.6 Å². The van der Waals surface area contributed by atoms with Gasteiger partial charge in [0.05, 0.1) is 6.54 Å². The summed E-state index contributed by atoms with van der Waals surface area (Å²) < 4.78 is 35.7. The van der Waals surface area contributed by atoms with Crippen LogP contribution in [0.25, 0.3) is 0 Å². The number of anilines is 2. The molecule has 4 N–H and O–H groups in total. The van der Waals surface area contributed by atoms with Crippen LogP contribution < -0.4 is 11.1 Å². The molecule has 0 aromatic carbocycles. The second-order valence-electron chi connectivity index (χ2n) is 2.89. The third kappa shape index (κ3) is 3.62. The Morgan fingerprint density at radius 3 is 2.67 bits per heavy atom. The zero-order valence-corrected chi connectivity index (χ0v) is 7.62. The number of nitrogens with one attached hydrogen (secondary N) is 1. The van der Waals surface area contributed by atoms with Crippen LogP contribution in [0.1, 0.15) is 0 Å². The summed E-state index contributed by atoms with van der Waals surface area (Å²) in [5.41, 5.74) is 5.31. The van der Waals surface area contributed by atoms with Crippen LogP contribution in [0.5, 0.6) is 0 Å². The Morgan fingerprint density at radius 2 is 2.13 bits per heavy atom. The number of nitrogen functional groups attached to an aromatic ring is 1. The molecule has 1 aromatic rings. The van der Waals surface area contributed by atoms with Gasteiger partial charge in [-0.3, -0.25) is 0 Å². The van der Waals surface area contributed by atoms with Crippen molar-refractivity contribution in [2.24, 2.45) is 0 Å². The highest BCUT2D eigenvalue weighted by Gasteiger charge is 2.37. The minimum Gasteiger partial charge on any atom is -0.384 e. The van der Waals surface area contributed by atoms with Crippen LogP contribution in [0.15, 0.2) is 18.2 Å². The van der Waals surface area contributed by atoms with E-state index in [2.05, 4.69) is 10.3 Å². The number of aliphatic hydroxyl groups is 1. The standard InChI is InChI=1S/C8H10F3N3O/c9-8(10,11)5(15)4-13-7-3-1-2-6(12)14-7/h1-3,5,15H,4H2,(H3,12,13,14). The molecule has 0 radical (unpaired) electrons. The van der Waals surface area contributed by atoms with Crippen LogP contribution in [-0.2, 0) is 0 Å². The summed E-state index contributed by atoms with van der Waals surface area (Å²) in [4.78, 5) is 3.72. The number of alkyl halides is 3. The molecule has 0 aliphatic carbocycles. The molecule has 84 valence electrons. The lowest BCUT2D eigenvalue weighted by atomic mass is 10.3. The van der Waals surface area contributed by atoms with Crippen LogP contribution in [0.4, 0.5) is 24.8 Å². The topological polar surface area (TPSA) is 71.2 Å². The van der Waals surface area contributed by atoms with Crippen molar-refractivity contribution in [1.82, 2.24) is 4.98 Å². The summed E-state index contributed by atoms with van der Waals surface area (Å²) in [5, 5.41) is 11.0. The highest BCUT2D eigenvalue weighted by Crippen LogP contribution is 2.20. The van der Waals surface area contributed by atoms with E-state index in [0.717, 1.165) is 0 Å². The van der Waals surface area contributed by atoms with Crippen molar-refractivity contribution in [3.63, 3.8) is 0 Å². The van der Waals surface area contributed by atoms with Crippen molar-refractivity contribution in [1.29, 1.82) is 0 Å². The average Bonchev–Trinajstić information content (AvgIpc) is 2.12. The Kier molecular flexibility index (Phi) is 3.35. The van der Waals surface area contributed by atoms with Crippen molar-refractivity contribution in [3.8, 4) is 0 Å². The first-order chi connectivity index (χ1) is 6.89. The van der Waals surface area contributed by atoms with Gasteiger partial charge in [-0.25, -0.2) is 4.98 Å². The number of halogens is 3. The highest BCUT2D eigenvalue weighted by molar-refractivity contribution is 5.42. The van der Waals surface area contributed by atoms with Gasteiger partial charge in [-0.15, -0.1) is 0 Å². The zero-order valence-electron chi connectivity index (χ0n) is 7.62. The van der Waals surface area contributed by atoms with Gasteiger partial charge in [0, 0.05) is 0 Å². The first kappa shape index (κ1) is 11.6. The first-order valence-corrected chi connectivity index (χ1v) is 4.11. The molecule has 0 aliphatic heterocycles. The summed E-state index contributed by atoms with van der Waals surface area (Å²) in [6.45, 7) is -0.653. The molecule has 0 spiro atoms. The van der Waals surface area contributed by atoms with Crippen LogP contribution in [-0.4, -0.2) is 28.9 Å². The Hall–Kier alpha value is -1.50. The number of pyridine rings is 1. The van der Waals surface area contributed by atoms with E-state index in [1.807, 2.05) is 0 Å². The molecule has 1 heterocycles. The summed E-state index contributed by atoms with van der Waals surface area (Å²) in [6, 6.07) is 4.51. The molecule has 0 amide bonds. The molecule has 0 saturated heterocycles. The van der Waals surface area contributed by atoms with E-state index >= 15 is 0 Å². The fourth-order valence-corrected chi connectivity index (χ4v) is 0.867. The smallest absolute Gasteiger partial charge is 0.384 e. The monoisotopic (exact) mass is 221 g/mol. The summed E-state index contributed by atoms with van der Waals surface area (Å²) in [7, 11) is 0. The van der Waals surface area contributed by atoms with E-state index < -0.39 is 18.8 Å². The summed E-state index contributed by atoms with van der Waals surface area (Å²) >= 11 is 0. The lowest BCUT2D eigenvalue weighted by Crippen LogP contribution is -2.35. The number of aliphatic hydroxyl groups excluding tert-OH is 1. The maximum absolute atomic E-state index is 11.9. The van der Waals surface area contributed by atoms with Gasteiger partial charge in [-0.2, -0.15) is 13.2 Å². The van der Waals surface area contributed by atoms with E-state index in [0.29, 0.717) is 0 Å². The molecule has 0 saturated carbocycles. The van der Waals surface area contributed by atoms with Crippen molar-refractivity contribution < 1.29 is 18.3 Å². The van der Waals surface area contributed by atoms with E-state index in [1.165, 1.54) is 12.1 Å². The van der Waals surface area contributed by atoms with E-state index in [4.69, 9.17) is 10.8 Å². The number of nitrogens with two attached hydrogens (primary N) is 1. The quantitative estimate of drug-likeness (QED) is 0.712. The van der Waals surface area contributed by atoms with Crippen molar-refractivity contribution in [2.45, 2.75) is 12.3 Å². The van der Waals surface area contributed by atoms with Gasteiger partial charge in [-0.1, -0.05) is 6.07 Å². The van der Waals surface area contributed by atoms with Crippen LogP contribution in [0.3, 0.4) is 0 Å². The molecular weight excluding hydrogens is 211 g/mol. The third-order valence-corrected chi connectivity index (χ3v) is 1.63. The van der Waals surface area contributed by atoms with Gasteiger partial charge in [0.15, 0.2) is 6.10 Å². The molecule has 0 aliphatic rings. The Labute approximate surface area is 83.9 Å². The molecule has 1 aromatic heterocycles. The second kappa shape index (κ2) is 4.35. The molecule has 7 heteroatoms. The zero-order chi connectivity index (χ0) is 11.5. The minimum absolute atomic E-state index is 0.193. The van der Waals surface area contributed by atoms with Crippen LogP contribution in [0, 0.1) is 0 Å². The van der Waals surface area contributed by atoms with Crippen molar-refractivity contribution >= 4 is 11.6 Å². The van der Waals surface area contributed by atoms with Gasteiger partial charge >= 0.3 is 6.18 Å². The SMILES string of the molecule is Nc1cccc(NCC(O)C(F)(F)F)n1. The molecule has 1 rings (SSSR count). The molecule has 4 nitrogen and oxygen atoms in total. The first-order valence-electron chi connectivity index (χ1n) is 4.11. The molecule has 1 atom stereocenters. The number of nitrogens with zero attached hydrogens (tertiary/aromatic N) is 1. The fraction of sp³-hybridized carbons (Fsp3) is 0.375. The minimum atomic E-state index is -4.63. The predicted molar refractivity (Wildman–Crippen MR) is 49.2 cm³/mol. The van der Waals surface area contributed by atoms with Gasteiger partial charge in [0.25, 0.3) is 0 Å². The number of aromatic nitrogens is 1. The predicted octanol–water partition coefficient (Wildman–Crippen LogP) is 0.999. The van der Waals surface area contributed by atoms with Gasteiger partial charge in [0.2, 0.25) is 0 Å². The molecule has 0 fully saturated rings. The average molecular weight is 221 g/mol. The van der Waals surface area contributed by atoms with Crippen molar-refractivity contribution in [3.05, 3.63) is 18.2 Å². The number of rotatable bonds is 3. The molecule has 15 heavy (non-hydrogen) atoms. The fourth-order valence-electron chi connectivity index (χ4n) is 0.867. The van der Waals surface area contributed by atoms with E-state index in [-0.39, 0.29) is 11.6 Å². The van der Waals surface area contributed by atoms with Gasteiger partial charge in [-0.05, 0) is 12.1 Å².